The highest BCUT2D eigenvalue weighted by molar-refractivity contribution is 5.76. The molecule has 514 valence electrons. The van der Waals surface area contributed by atoms with Crippen molar-refractivity contribution in [3.05, 3.63) is 48.6 Å². The number of unbranched alkanes of at least 4 members (excludes halogenated alkanes) is 29. The van der Waals surface area contributed by atoms with Crippen molar-refractivity contribution in [3.8, 4) is 0 Å². The summed E-state index contributed by atoms with van der Waals surface area (Å²) in [4.78, 5) is 13.4. The average molecular weight is 1260 g/mol. The predicted octanol–water partition coefficient (Wildman–Crippen LogP) is 9.00. The predicted molar refractivity (Wildman–Crippen MR) is 342 cm³/mol. The van der Waals surface area contributed by atoms with Crippen LogP contribution in [0.15, 0.2) is 48.6 Å². The van der Waals surface area contributed by atoms with E-state index in [4.69, 9.17) is 28.4 Å². The Hall–Kier alpha value is -2.25. The van der Waals surface area contributed by atoms with Gasteiger partial charge in [-0.15, -0.1) is 0 Å². The number of ether oxygens (including phenoxy) is 6. The maximum atomic E-state index is 13.4. The van der Waals surface area contributed by atoms with Gasteiger partial charge < -0.3 is 89.9 Å². The molecule has 0 aliphatic carbocycles. The van der Waals surface area contributed by atoms with E-state index in [2.05, 4.69) is 67.8 Å². The Morgan fingerprint density at radius 2 is 0.784 bits per heavy atom. The maximum absolute atomic E-state index is 13.4. The van der Waals surface area contributed by atoms with E-state index in [1.54, 1.807) is 0 Å². The summed E-state index contributed by atoms with van der Waals surface area (Å²) in [5.74, 6) is -0.250. The highest BCUT2D eigenvalue weighted by Crippen LogP contribution is 2.33. The largest absolute Gasteiger partial charge is 0.394 e. The van der Waals surface area contributed by atoms with Crippen LogP contribution in [0.25, 0.3) is 0 Å². The zero-order valence-corrected chi connectivity index (χ0v) is 54.2. The van der Waals surface area contributed by atoms with Gasteiger partial charge in [-0.25, -0.2) is 0 Å². The summed E-state index contributed by atoms with van der Waals surface area (Å²) in [6.07, 6.45) is 33.2. The molecule has 3 fully saturated rings. The summed E-state index contributed by atoms with van der Waals surface area (Å²) in [6.45, 7) is 1.70. The van der Waals surface area contributed by atoms with Crippen molar-refractivity contribution in [3.63, 3.8) is 0 Å². The van der Waals surface area contributed by atoms with E-state index in [9.17, 15) is 61.0 Å². The van der Waals surface area contributed by atoms with Crippen LogP contribution < -0.4 is 5.32 Å². The third kappa shape index (κ3) is 33.0. The molecule has 19 nitrogen and oxygen atoms in total. The first-order valence-corrected chi connectivity index (χ1v) is 34.9. The summed E-state index contributed by atoms with van der Waals surface area (Å²) in [5.41, 5.74) is 0. The molecule has 3 heterocycles. The molecule has 17 unspecified atom stereocenters. The Bertz CT molecular complexity index is 1790. The van der Waals surface area contributed by atoms with Crippen molar-refractivity contribution < 1.29 is 89.4 Å². The molecule has 88 heavy (non-hydrogen) atoms. The Kier molecular flexibility index (Phi) is 46.5. The maximum Gasteiger partial charge on any atom is 0.220 e. The van der Waals surface area contributed by atoms with Crippen LogP contribution in [0.3, 0.4) is 0 Å². The quantitative estimate of drug-likeness (QED) is 0.0200. The minimum atomic E-state index is -1.97. The molecule has 0 radical (unpaired) electrons. The number of hydrogen-bond acceptors (Lipinski definition) is 18. The van der Waals surface area contributed by atoms with Crippen molar-refractivity contribution in [2.45, 2.75) is 356 Å². The highest BCUT2D eigenvalue weighted by atomic mass is 16.8. The number of aliphatic hydroxyl groups excluding tert-OH is 11. The fraction of sp³-hybridized carbons (Fsp3) is 0.870. The third-order valence-corrected chi connectivity index (χ3v) is 17.4. The van der Waals surface area contributed by atoms with Gasteiger partial charge in [-0.1, -0.05) is 242 Å². The minimum Gasteiger partial charge on any atom is -0.394 e. The average Bonchev–Trinajstić information content (AvgIpc) is 3.72. The monoisotopic (exact) mass is 1260 g/mol. The van der Waals surface area contributed by atoms with Crippen LogP contribution in [0.5, 0.6) is 0 Å². The summed E-state index contributed by atoms with van der Waals surface area (Å²) >= 11 is 0. The van der Waals surface area contributed by atoms with E-state index in [0.29, 0.717) is 12.8 Å². The summed E-state index contributed by atoms with van der Waals surface area (Å²) in [6, 6.07) is -0.894. The van der Waals surface area contributed by atoms with Gasteiger partial charge >= 0.3 is 0 Å². The molecule has 17 atom stereocenters. The lowest BCUT2D eigenvalue weighted by molar-refractivity contribution is -0.379. The Labute approximate surface area is 529 Å². The van der Waals surface area contributed by atoms with Gasteiger partial charge in [0.15, 0.2) is 18.9 Å². The number of nitrogens with one attached hydrogen (secondary N) is 1. The lowest BCUT2D eigenvalue weighted by Gasteiger charge is -2.48. The van der Waals surface area contributed by atoms with Gasteiger partial charge in [-0.3, -0.25) is 4.79 Å². The molecule has 0 aromatic carbocycles. The number of rotatable bonds is 53. The van der Waals surface area contributed by atoms with Gasteiger partial charge in [-0.05, 0) is 51.4 Å². The Morgan fingerprint density at radius 3 is 1.23 bits per heavy atom. The number of amides is 1. The topological polar surface area (TPSA) is 307 Å². The molecule has 3 aliphatic heterocycles. The van der Waals surface area contributed by atoms with E-state index < -0.39 is 124 Å². The molecule has 0 saturated carbocycles. The van der Waals surface area contributed by atoms with Crippen molar-refractivity contribution in [2.24, 2.45) is 0 Å². The first kappa shape index (κ1) is 80.0. The normalized spacial score (nSPS) is 28.7. The molecule has 3 saturated heterocycles. The second kappa shape index (κ2) is 51.2. The number of carbonyl (C=O) groups excluding carboxylic acids is 1. The minimum absolute atomic E-state index is 0.250. The first-order valence-electron chi connectivity index (χ1n) is 34.9. The van der Waals surface area contributed by atoms with Crippen molar-refractivity contribution in [1.29, 1.82) is 0 Å². The number of carbonyl (C=O) groups is 1. The van der Waals surface area contributed by atoms with E-state index in [0.717, 1.165) is 83.5 Å². The van der Waals surface area contributed by atoms with Crippen LogP contribution >= 0.6 is 0 Å². The van der Waals surface area contributed by atoms with Gasteiger partial charge in [0.05, 0.1) is 38.6 Å². The Balaban J connectivity index is 1.44. The summed E-state index contributed by atoms with van der Waals surface area (Å²) in [7, 11) is 0. The number of aliphatic hydroxyl groups is 11. The molecular weight excluding hydrogens is 1130 g/mol. The van der Waals surface area contributed by atoms with Crippen LogP contribution in [0, 0.1) is 0 Å². The SMILES string of the molecule is CC/C=C\C/C=C\C/C=C\C/C=C\CCCCCCCCCCC(=O)NC(COC1OC(CO)C(OC2OC(CO)C(OC3OC(CO)C(O)C(O)C3O)C(O)C2O)C(O)C1O)C(O)CCCCCCCCCCCCCCCCCCCCCCCC. The van der Waals surface area contributed by atoms with Crippen molar-refractivity contribution in [1.82, 2.24) is 5.32 Å². The van der Waals surface area contributed by atoms with E-state index in [-0.39, 0.29) is 18.9 Å². The smallest absolute Gasteiger partial charge is 0.220 e. The lowest BCUT2D eigenvalue weighted by Crippen LogP contribution is -2.66. The van der Waals surface area contributed by atoms with Crippen LogP contribution in [0.2, 0.25) is 0 Å². The van der Waals surface area contributed by atoms with E-state index in [1.165, 1.54) is 135 Å². The standard InChI is InChI=1S/C69H125NO18/c1-3-5-7-9-11-13-15-17-19-21-23-25-27-28-30-32-34-36-38-40-42-44-46-53(74)52(70-57(75)47-45-43-41-39-37-35-33-31-29-26-24-22-20-18-16-14-12-10-8-6-4-2)51-83-67-63(81)60(78)65(55(49-72)85-67)88-69-64(82)61(79)66(56(50-73)86-69)87-68-62(80)59(77)58(76)54(48-71)84-68/h6,8,12,14,18,20,24,26,52-56,58-69,71-74,76-82H,3-5,7,9-11,13,15-17,19,21-23,25,27-51H2,1-2H3,(H,70,75)/b8-6-,14-12-,20-18-,26-24-. The zero-order chi connectivity index (χ0) is 64.0. The second-order valence-corrected chi connectivity index (χ2v) is 25.0. The molecule has 0 aromatic heterocycles. The van der Waals surface area contributed by atoms with E-state index in [1.807, 2.05) is 0 Å². The molecule has 1 amide bonds. The zero-order valence-electron chi connectivity index (χ0n) is 54.2. The molecule has 19 heteroatoms. The van der Waals surface area contributed by atoms with Gasteiger partial charge in [-0.2, -0.15) is 0 Å². The van der Waals surface area contributed by atoms with Crippen LogP contribution in [0.1, 0.15) is 251 Å². The molecule has 12 N–H and O–H groups in total. The molecule has 3 aliphatic rings. The molecule has 0 spiro atoms. The fourth-order valence-corrected chi connectivity index (χ4v) is 11.8. The summed E-state index contributed by atoms with van der Waals surface area (Å²) in [5, 5.41) is 121. The highest BCUT2D eigenvalue weighted by Gasteiger charge is 2.53. The fourth-order valence-electron chi connectivity index (χ4n) is 11.8. The van der Waals surface area contributed by atoms with Crippen molar-refractivity contribution >= 4 is 5.91 Å². The molecule has 0 aromatic rings. The summed E-state index contributed by atoms with van der Waals surface area (Å²) < 4.78 is 34.4. The van der Waals surface area contributed by atoms with Gasteiger partial charge in [0.1, 0.15) is 73.2 Å². The molecule has 3 rings (SSSR count). The number of hydrogen-bond donors (Lipinski definition) is 12. The lowest BCUT2D eigenvalue weighted by atomic mass is 9.96. The Morgan fingerprint density at radius 1 is 0.420 bits per heavy atom. The molecular formula is C69H125NO18. The molecule has 0 bridgehead atoms. The first-order chi connectivity index (χ1) is 42.8. The van der Waals surface area contributed by atoms with E-state index >= 15 is 0 Å². The van der Waals surface area contributed by atoms with Crippen LogP contribution in [-0.2, 0) is 33.2 Å². The van der Waals surface area contributed by atoms with Gasteiger partial charge in [0, 0.05) is 6.42 Å². The van der Waals surface area contributed by atoms with Gasteiger partial charge in [0.2, 0.25) is 5.91 Å². The second-order valence-electron chi connectivity index (χ2n) is 25.0. The van der Waals surface area contributed by atoms with Crippen LogP contribution in [0.4, 0.5) is 0 Å². The number of allylic oxidation sites excluding steroid dienone is 8. The van der Waals surface area contributed by atoms with Crippen LogP contribution in [-0.4, -0.2) is 193 Å². The van der Waals surface area contributed by atoms with Gasteiger partial charge in [0.25, 0.3) is 0 Å². The van der Waals surface area contributed by atoms with Crippen molar-refractivity contribution in [2.75, 3.05) is 26.4 Å². The third-order valence-electron chi connectivity index (χ3n) is 17.4.